The highest BCUT2D eigenvalue weighted by Gasteiger charge is 2.18. The standard InChI is InChI=1S/C54H38ClIN2/c55-45-34-47(57-53-49(40-14-5-1-6-15-40)22-13-23-50(53)41-16-7-2-8-17-41)36-48(35-45)58-54-51(42-18-9-3-10-19-42)32-44(33-52(54)43-20-11-4-12-21-43)39-26-24-37(25-27-39)38-28-30-46(56)31-29-38/h1-36,57-58H. The molecule has 4 heteroatoms. The normalized spacial score (nSPS) is 10.9. The second-order valence-corrected chi connectivity index (χ2v) is 15.9. The molecule has 2 N–H and O–H groups in total. The van der Waals surface area contributed by atoms with Crippen molar-refractivity contribution in [2.75, 3.05) is 10.6 Å². The molecule has 9 aromatic rings. The predicted octanol–water partition coefficient (Wildman–Crippen LogP) is 16.4. The fraction of sp³-hybridized carbons (Fsp3) is 0. The number of benzene rings is 9. The molecule has 278 valence electrons. The van der Waals surface area contributed by atoms with Crippen LogP contribution in [0.4, 0.5) is 22.7 Å². The second-order valence-electron chi connectivity index (χ2n) is 14.2. The van der Waals surface area contributed by atoms with Crippen LogP contribution in [0.5, 0.6) is 0 Å². The van der Waals surface area contributed by atoms with Gasteiger partial charge in [0.15, 0.2) is 0 Å². The smallest absolute Gasteiger partial charge is 0.0544 e. The first-order chi connectivity index (χ1) is 28.6. The van der Waals surface area contributed by atoms with Crippen molar-refractivity contribution in [2.45, 2.75) is 0 Å². The molecule has 0 amide bonds. The van der Waals surface area contributed by atoms with Crippen LogP contribution in [0.2, 0.25) is 5.02 Å². The van der Waals surface area contributed by atoms with Crippen LogP contribution in [-0.2, 0) is 0 Å². The summed E-state index contributed by atoms with van der Waals surface area (Å²) in [6.45, 7) is 0. The molecule has 0 saturated heterocycles. The van der Waals surface area contributed by atoms with Gasteiger partial charge in [0.1, 0.15) is 0 Å². The van der Waals surface area contributed by atoms with E-state index in [1.54, 1.807) is 0 Å². The zero-order valence-corrected chi connectivity index (χ0v) is 34.5. The third kappa shape index (κ3) is 8.19. The fourth-order valence-corrected chi connectivity index (χ4v) is 8.15. The summed E-state index contributed by atoms with van der Waals surface area (Å²) >= 11 is 9.35. The van der Waals surface area contributed by atoms with E-state index in [9.17, 15) is 0 Å². The lowest BCUT2D eigenvalue weighted by molar-refractivity contribution is 1.49. The third-order valence-electron chi connectivity index (χ3n) is 10.4. The van der Waals surface area contributed by atoms with Crippen LogP contribution in [0.25, 0.3) is 66.8 Å². The van der Waals surface area contributed by atoms with Crippen LogP contribution in [0.15, 0.2) is 218 Å². The molecule has 9 rings (SSSR count). The van der Waals surface area contributed by atoms with Crippen molar-refractivity contribution in [1.82, 2.24) is 0 Å². The first-order valence-electron chi connectivity index (χ1n) is 19.3. The van der Waals surface area contributed by atoms with Crippen molar-refractivity contribution in [3.63, 3.8) is 0 Å². The minimum absolute atomic E-state index is 0.623. The minimum atomic E-state index is 0.623. The first kappa shape index (κ1) is 37.2. The first-order valence-corrected chi connectivity index (χ1v) is 20.8. The monoisotopic (exact) mass is 876 g/mol. The molecule has 0 aliphatic heterocycles. The molecule has 0 aromatic heterocycles. The molecule has 0 unspecified atom stereocenters. The van der Waals surface area contributed by atoms with Crippen molar-refractivity contribution < 1.29 is 0 Å². The number of hydrogen-bond donors (Lipinski definition) is 2. The second kappa shape index (κ2) is 17.0. The molecule has 0 heterocycles. The summed E-state index contributed by atoms with van der Waals surface area (Å²) in [5.74, 6) is 0. The number of anilines is 4. The SMILES string of the molecule is Clc1cc(Nc2c(-c3ccccc3)cccc2-c2ccccc2)cc(Nc2c(-c3ccccc3)cc(-c3ccc(-c4ccc(I)cc4)cc3)cc2-c2ccccc2)c1. The summed E-state index contributed by atoms with van der Waals surface area (Å²) in [5.41, 5.74) is 17.3. The number of halogens is 2. The highest BCUT2D eigenvalue weighted by Crippen LogP contribution is 2.44. The Morgan fingerprint density at radius 1 is 0.293 bits per heavy atom. The van der Waals surface area contributed by atoms with Crippen molar-refractivity contribution in [3.8, 4) is 66.8 Å². The van der Waals surface area contributed by atoms with E-state index in [2.05, 4.69) is 239 Å². The quantitative estimate of drug-likeness (QED) is 0.134. The van der Waals surface area contributed by atoms with Crippen LogP contribution in [0.3, 0.4) is 0 Å². The average molecular weight is 877 g/mol. The average Bonchev–Trinajstić information content (AvgIpc) is 3.28. The summed E-state index contributed by atoms with van der Waals surface area (Å²) in [6, 6.07) is 77.0. The third-order valence-corrected chi connectivity index (χ3v) is 11.3. The molecule has 0 aliphatic rings. The molecule has 0 radical (unpaired) electrons. The zero-order valence-electron chi connectivity index (χ0n) is 31.5. The maximum atomic E-state index is 7.00. The Bertz CT molecular complexity index is 2690. The molecule has 0 spiro atoms. The van der Waals surface area contributed by atoms with Gasteiger partial charge >= 0.3 is 0 Å². The maximum absolute atomic E-state index is 7.00. The van der Waals surface area contributed by atoms with E-state index in [0.717, 1.165) is 78.4 Å². The van der Waals surface area contributed by atoms with Crippen molar-refractivity contribution in [1.29, 1.82) is 0 Å². The van der Waals surface area contributed by atoms with E-state index >= 15 is 0 Å². The summed E-state index contributed by atoms with van der Waals surface area (Å²) in [6.07, 6.45) is 0. The summed E-state index contributed by atoms with van der Waals surface area (Å²) in [7, 11) is 0. The topological polar surface area (TPSA) is 24.1 Å². The molecule has 0 saturated carbocycles. The predicted molar refractivity (Wildman–Crippen MR) is 256 cm³/mol. The van der Waals surface area contributed by atoms with E-state index in [1.165, 1.54) is 14.7 Å². The van der Waals surface area contributed by atoms with E-state index < -0.39 is 0 Å². The van der Waals surface area contributed by atoms with Crippen LogP contribution >= 0.6 is 34.2 Å². The van der Waals surface area contributed by atoms with Crippen molar-refractivity contribution >= 4 is 56.9 Å². The highest BCUT2D eigenvalue weighted by atomic mass is 127. The van der Waals surface area contributed by atoms with E-state index in [1.807, 2.05) is 12.1 Å². The molecule has 0 bridgehead atoms. The number of hydrogen-bond acceptors (Lipinski definition) is 2. The van der Waals surface area contributed by atoms with Gasteiger partial charge in [0.25, 0.3) is 0 Å². The molecule has 58 heavy (non-hydrogen) atoms. The van der Waals surface area contributed by atoms with Gasteiger partial charge in [-0.15, -0.1) is 0 Å². The lowest BCUT2D eigenvalue weighted by atomic mass is 9.90. The van der Waals surface area contributed by atoms with E-state index in [0.29, 0.717) is 5.02 Å². The van der Waals surface area contributed by atoms with Gasteiger partial charge in [-0.25, -0.2) is 0 Å². The Kier molecular flexibility index (Phi) is 10.9. The highest BCUT2D eigenvalue weighted by molar-refractivity contribution is 14.1. The van der Waals surface area contributed by atoms with E-state index in [4.69, 9.17) is 11.6 Å². The molecule has 2 nitrogen and oxygen atoms in total. The van der Waals surface area contributed by atoms with Crippen LogP contribution < -0.4 is 10.6 Å². The van der Waals surface area contributed by atoms with Gasteiger partial charge in [0, 0.05) is 42.2 Å². The van der Waals surface area contributed by atoms with Gasteiger partial charge in [-0.1, -0.05) is 188 Å². The largest absolute Gasteiger partial charge is 0.354 e. The summed E-state index contributed by atoms with van der Waals surface area (Å²) < 4.78 is 1.23. The maximum Gasteiger partial charge on any atom is 0.0544 e. The summed E-state index contributed by atoms with van der Waals surface area (Å²) in [4.78, 5) is 0. The Morgan fingerprint density at radius 3 is 1.05 bits per heavy atom. The molecular weight excluding hydrogens is 839 g/mol. The minimum Gasteiger partial charge on any atom is -0.354 e. The lowest BCUT2D eigenvalue weighted by Crippen LogP contribution is -2.00. The molecular formula is C54H38ClIN2. The fourth-order valence-electron chi connectivity index (χ4n) is 7.56. The zero-order chi connectivity index (χ0) is 39.3. The van der Waals surface area contributed by atoms with Crippen molar-refractivity contribution in [2.24, 2.45) is 0 Å². The molecule has 9 aromatic carbocycles. The number of nitrogens with one attached hydrogen (secondary N) is 2. The van der Waals surface area contributed by atoms with Crippen LogP contribution in [0.1, 0.15) is 0 Å². The Labute approximate surface area is 359 Å². The lowest BCUT2D eigenvalue weighted by Gasteiger charge is -2.21. The van der Waals surface area contributed by atoms with E-state index in [-0.39, 0.29) is 0 Å². The van der Waals surface area contributed by atoms with Gasteiger partial charge in [0.2, 0.25) is 0 Å². The summed E-state index contributed by atoms with van der Waals surface area (Å²) in [5, 5.41) is 8.33. The Hall–Kier alpha value is -6.40. The number of para-hydroxylation sites is 1. The van der Waals surface area contributed by atoms with Crippen molar-refractivity contribution in [3.05, 3.63) is 227 Å². The van der Waals surface area contributed by atoms with Gasteiger partial charge in [0.05, 0.1) is 11.4 Å². The molecule has 0 fully saturated rings. The van der Waals surface area contributed by atoms with Gasteiger partial charge in [-0.3, -0.25) is 0 Å². The Morgan fingerprint density at radius 2 is 0.638 bits per heavy atom. The Balaban J connectivity index is 1.16. The van der Waals surface area contributed by atoms with Gasteiger partial charge < -0.3 is 10.6 Å². The molecule has 0 aliphatic carbocycles. The van der Waals surface area contributed by atoms with Crippen LogP contribution in [-0.4, -0.2) is 0 Å². The van der Waals surface area contributed by atoms with Gasteiger partial charge in [-0.2, -0.15) is 0 Å². The van der Waals surface area contributed by atoms with Crippen LogP contribution in [0, 0.1) is 3.57 Å². The van der Waals surface area contributed by atoms with Gasteiger partial charge in [-0.05, 0) is 110 Å². The molecule has 0 atom stereocenters. The number of rotatable bonds is 10.